The van der Waals surface area contributed by atoms with Gasteiger partial charge in [0.05, 0.1) is 6.04 Å². The summed E-state index contributed by atoms with van der Waals surface area (Å²) in [5, 5.41) is 4.12. The maximum Gasteiger partial charge on any atom is 0.0616 e. The van der Waals surface area contributed by atoms with Crippen LogP contribution >= 0.6 is 0 Å². The van der Waals surface area contributed by atoms with E-state index in [1.807, 2.05) is 17.7 Å². The van der Waals surface area contributed by atoms with Gasteiger partial charge in [0.2, 0.25) is 0 Å². The fraction of sp³-hybridized carbons (Fsp3) is 0.571. The van der Waals surface area contributed by atoms with Gasteiger partial charge in [-0.1, -0.05) is 0 Å². The van der Waals surface area contributed by atoms with E-state index in [4.69, 9.17) is 5.73 Å². The van der Waals surface area contributed by atoms with Gasteiger partial charge < -0.3 is 5.73 Å². The predicted octanol–water partition coefficient (Wildman–Crippen LogP) is 0.711. The van der Waals surface area contributed by atoms with Crippen molar-refractivity contribution in [2.75, 3.05) is 6.54 Å². The zero-order valence-electron chi connectivity index (χ0n) is 6.41. The molecule has 0 spiro atoms. The third-order valence-electron chi connectivity index (χ3n) is 1.63. The standard InChI is InChI=1S/C7H13N3/c1-6-3-4-9-10(6)7(2)5-8/h3-4,7H,5,8H2,1-2H3. The lowest BCUT2D eigenvalue weighted by atomic mass is 10.3. The summed E-state index contributed by atoms with van der Waals surface area (Å²) in [5.74, 6) is 0. The molecule has 0 bridgehead atoms. The van der Waals surface area contributed by atoms with E-state index in [0.29, 0.717) is 12.6 Å². The molecule has 0 aliphatic carbocycles. The molecule has 0 radical (unpaired) electrons. The van der Waals surface area contributed by atoms with E-state index in [2.05, 4.69) is 12.0 Å². The first-order valence-corrected chi connectivity index (χ1v) is 3.46. The van der Waals surface area contributed by atoms with E-state index in [1.165, 1.54) is 0 Å². The summed E-state index contributed by atoms with van der Waals surface area (Å²) in [6.07, 6.45) is 1.79. The Bertz CT molecular complexity index is 204. The summed E-state index contributed by atoms with van der Waals surface area (Å²) in [4.78, 5) is 0. The summed E-state index contributed by atoms with van der Waals surface area (Å²) in [7, 11) is 0. The minimum atomic E-state index is 0.315. The van der Waals surface area contributed by atoms with Crippen LogP contribution < -0.4 is 5.73 Å². The van der Waals surface area contributed by atoms with Gasteiger partial charge in [0.15, 0.2) is 0 Å². The quantitative estimate of drug-likeness (QED) is 0.655. The molecular weight excluding hydrogens is 126 g/mol. The van der Waals surface area contributed by atoms with Crippen molar-refractivity contribution in [1.82, 2.24) is 9.78 Å². The lowest BCUT2D eigenvalue weighted by Crippen LogP contribution is -2.17. The van der Waals surface area contributed by atoms with Gasteiger partial charge in [0.1, 0.15) is 0 Å². The van der Waals surface area contributed by atoms with Gasteiger partial charge in [-0.05, 0) is 19.9 Å². The molecule has 1 unspecified atom stereocenters. The highest BCUT2D eigenvalue weighted by Gasteiger charge is 2.03. The third kappa shape index (κ3) is 1.19. The van der Waals surface area contributed by atoms with Crippen molar-refractivity contribution >= 4 is 0 Å². The summed E-state index contributed by atoms with van der Waals surface area (Å²) in [5.41, 5.74) is 6.64. The highest BCUT2D eigenvalue weighted by Crippen LogP contribution is 2.04. The number of aryl methyl sites for hydroxylation is 1. The van der Waals surface area contributed by atoms with Gasteiger partial charge in [-0.3, -0.25) is 4.68 Å². The number of nitrogens with zero attached hydrogens (tertiary/aromatic N) is 2. The molecule has 0 aliphatic heterocycles. The molecule has 10 heavy (non-hydrogen) atoms. The molecule has 1 rings (SSSR count). The molecule has 3 heteroatoms. The normalized spacial score (nSPS) is 13.5. The molecule has 0 aliphatic rings. The number of rotatable bonds is 2. The van der Waals surface area contributed by atoms with Crippen LogP contribution in [0.4, 0.5) is 0 Å². The second-order valence-electron chi connectivity index (χ2n) is 2.50. The molecule has 56 valence electrons. The smallest absolute Gasteiger partial charge is 0.0616 e. The van der Waals surface area contributed by atoms with Crippen LogP contribution in [0.2, 0.25) is 0 Å². The van der Waals surface area contributed by atoms with E-state index in [9.17, 15) is 0 Å². The van der Waals surface area contributed by atoms with Crippen molar-refractivity contribution < 1.29 is 0 Å². The zero-order valence-corrected chi connectivity index (χ0v) is 6.41. The minimum absolute atomic E-state index is 0.315. The molecule has 0 saturated heterocycles. The first kappa shape index (κ1) is 7.28. The second-order valence-corrected chi connectivity index (χ2v) is 2.50. The van der Waals surface area contributed by atoms with Crippen molar-refractivity contribution in [2.24, 2.45) is 5.73 Å². The molecular formula is C7H13N3. The number of aromatic nitrogens is 2. The van der Waals surface area contributed by atoms with Gasteiger partial charge in [-0.2, -0.15) is 5.10 Å². The van der Waals surface area contributed by atoms with Crippen molar-refractivity contribution in [3.8, 4) is 0 Å². The summed E-state index contributed by atoms with van der Waals surface area (Å²) in [6.45, 7) is 4.72. The zero-order chi connectivity index (χ0) is 7.56. The lowest BCUT2D eigenvalue weighted by Gasteiger charge is -2.10. The molecule has 1 aromatic rings. The fourth-order valence-corrected chi connectivity index (χ4v) is 0.942. The van der Waals surface area contributed by atoms with Gasteiger partial charge in [-0.15, -0.1) is 0 Å². The van der Waals surface area contributed by atoms with Crippen LogP contribution in [-0.4, -0.2) is 16.3 Å². The summed E-state index contributed by atoms with van der Waals surface area (Å²) < 4.78 is 1.93. The maximum atomic E-state index is 5.47. The Morgan fingerprint density at radius 3 is 2.90 bits per heavy atom. The molecule has 0 fully saturated rings. The molecule has 1 aromatic heterocycles. The van der Waals surface area contributed by atoms with Gasteiger partial charge in [-0.25, -0.2) is 0 Å². The molecule has 0 aromatic carbocycles. The lowest BCUT2D eigenvalue weighted by molar-refractivity contribution is 0.489. The predicted molar refractivity (Wildman–Crippen MR) is 40.7 cm³/mol. The van der Waals surface area contributed by atoms with Crippen LogP contribution in [0.3, 0.4) is 0 Å². The molecule has 3 nitrogen and oxygen atoms in total. The van der Waals surface area contributed by atoms with Gasteiger partial charge in [0.25, 0.3) is 0 Å². The van der Waals surface area contributed by atoms with Gasteiger partial charge in [0, 0.05) is 18.4 Å². The average molecular weight is 139 g/mol. The van der Waals surface area contributed by atoms with Crippen molar-refractivity contribution in [1.29, 1.82) is 0 Å². The van der Waals surface area contributed by atoms with E-state index in [1.54, 1.807) is 6.20 Å². The van der Waals surface area contributed by atoms with Crippen molar-refractivity contribution in [2.45, 2.75) is 19.9 Å². The monoisotopic (exact) mass is 139 g/mol. The average Bonchev–Trinajstić information content (AvgIpc) is 2.34. The Balaban J connectivity index is 2.82. The molecule has 0 amide bonds. The van der Waals surface area contributed by atoms with Gasteiger partial charge >= 0.3 is 0 Å². The Labute approximate surface area is 60.8 Å². The van der Waals surface area contributed by atoms with Crippen LogP contribution in [0.1, 0.15) is 18.7 Å². The largest absolute Gasteiger partial charge is 0.328 e. The molecule has 0 saturated carbocycles. The highest BCUT2D eigenvalue weighted by molar-refractivity contribution is 4.97. The second kappa shape index (κ2) is 2.84. The Hall–Kier alpha value is -0.830. The van der Waals surface area contributed by atoms with Crippen LogP contribution in [-0.2, 0) is 0 Å². The topological polar surface area (TPSA) is 43.8 Å². The number of hydrogen-bond donors (Lipinski definition) is 1. The first-order chi connectivity index (χ1) is 4.75. The third-order valence-corrected chi connectivity index (χ3v) is 1.63. The van der Waals surface area contributed by atoms with E-state index in [-0.39, 0.29) is 0 Å². The van der Waals surface area contributed by atoms with Crippen LogP contribution in [0.25, 0.3) is 0 Å². The first-order valence-electron chi connectivity index (χ1n) is 3.46. The number of nitrogens with two attached hydrogens (primary N) is 1. The van der Waals surface area contributed by atoms with Crippen molar-refractivity contribution in [3.63, 3.8) is 0 Å². The summed E-state index contributed by atoms with van der Waals surface area (Å²) >= 11 is 0. The van der Waals surface area contributed by atoms with E-state index < -0.39 is 0 Å². The minimum Gasteiger partial charge on any atom is -0.328 e. The Kier molecular flexibility index (Phi) is 2.06. The Morgan fingerprint density at radius 2 is 2.50 bits per heavy atom. The van der Waals surface area contributed by atoms with Crippen LogP contribution in [0.15, 0.2) is 12.3 Å². The van der Waals surface area contributed by atoms with E-state index >= 15 is 0 Å². The summed E-state index contributed by atoms with van der Waals surface area (Å²) in [6, 6.07) is 2.29. The highest BCUT2D eigenvalue weighted by atomic mass is 15.3. The van der Waals surface area contributed by atoms with Crippen molar-refractivity contribution in [3.05, 3.63) is 18.0 Å². The fourth-order valence-electron chi connectivity index (χ4n) is 0.942. The molecule has 2 N–H and O–H groups in total. The van der Waals surface area contributed by atoms with E-state index in [0.717, 1.165) is 5.69 Å². The Morgan fingerprint density at radius 1 is 1.80 bits per heavy atom. The molecule has 1 atom stereocenters. The molecule has 1 heterocycles. The maximum absolute atomic E-state index is 5.47. The van der Waals surface area contributed by atoms with Crippen LogP contribution in [0, 0.1) is 6.92 Å². The number of hydrogen-bond acceptors (Lipinski definition) is 2. The van der Waals surface area contributed by atoms with Crippen LogP contribution in [0.5, 0.6) is 0 Å². The SMILES string of the molecule is Cc1ccnn1C(C)CN.